The molecule has 6 nitrogen and oxygen atoms in total. The van der Waals surface area contributed by atoms with Gasteiger partial charge in [-0.2, -0.15) is 0 Å². The number of hydrogen-bond acceptors (Lipinski definition) is 4. The van der Waals surface area contributed by atoms with Gasteiger partial charge in [0, 0.05) is 23.2 Å². The van der Waals surface area contributed by atoms with Gasteiger partial charge in [0.2, 0.25) is 11.8 Å². The number of nitrogens with zero attached hydrogens (tertiary/aromatic N) is 1. The number of aryl methyl sites for hydroxylation is 1. The first-order valence-corrected chi connectivity index (χ1v) is 11.0. The molecule has 0 fully saturated rings. The third kappa shape index (κ3) is 7.31. The zero-order chi connectivity index (χ0) is 24.8. The van der Waals surface area contributed by atoms with E-state index in [2.05, 4.69) is 5.32 Å². The molecule has 2 amide bonds. The van der Waals surface area contributed by atoms with Gasteiger partial charge in [-0.1, -0.05) is 42.0 Å². The van der Waals surface area contributed by atoms with Crippen molar-refractivity contribution in [1.29, 1.82) is 0 Å². The Hall–Kier alpha value is -3.41. The molecule has 6 heteroatoms. The lowest BCUT2D eigenvalue weighted by Gasteiger charge is -2.35. The Morgan fingerprint density at radius 3 is 2.00 bits per heavy atom. The van der Waals surface area contributed by atoms with E-state index in [1.807, 2.05) is 53.7 Å². The molecule has 0 spiro atoms. The molecular formula is C27H34N2O4. The topological polar surface area (TPSA) is 75.7 Å². The lowest BCUT2D eigenvalue weighted by Crippen LogP contribution is -2.50. The highest BCUT2D eigenvalue weighted by atomic mass is 16.5. The number of amides is 2. The Kier molecular flexibility index (Phi) is 8.57. The largest absolute Gasteiger partial charge is 0.497 e. The van der Waals surface area contributed by atoms with Crippen molar-refractivity contribution in [2.24, 2.45) is 0 Å². The fourth-order valence-electron chi connectivity index (χ4n) is 3.39. The number of benzene rings is 2. The average Bonchev–Trinajstić information content (AvgIpc) is 2.74. The lowest BCUT2D eigenvalue weighted by molar-refractivity contribution is -0.140. The van der Waals surface area contributed by atoms with Crippen molar-refractivity contribution in [2.45, 2.75) is 59.2 Å². The van der Waals surface area contributed by atoms with Gasteiger partial charge in [-0.15, -0.1) is 0 Å². The van der Waals surface area contributed by atoms with E-state index in [1.54, 1.807) is 43.5 Å². The molecule has 0 aliphatic carbocycles. The van der Waals surface area contributed by atoms with Gasteiger partial charge < -0.3 is 15.0 Å². The van der Waals surface area contributed by atoms with Gasteiger partial charge in [-0.25, -0.2) is 0 Å². The quantitative estimate of drug-likeness (QED) is 0.470. The van der Waals surface area contributed by atoms with Crippen LogP contribution in [0, 0.1) is 6.92 Å². The first kappa shape index (κ1) is 25.8. The molecule has 0 saturated carbocycles. The van der Waals surface area contributed by atoms with Crippen LogP contribution in [0.25, 0.3) is 0 Å². The van der Waals surface area contributed by atoms with E-state index in [1.165, 1.54) is 17.1 Å². The van der Waals surface area contributed by atoms with Gasteiger partial charge in [0.05, 0.1) is 7.11 Å². The molecule has 0 bridgehead atoms. The molecule has 0 radical (unpaired) electrons. The van der Waals surface area contributed by atoms with Crippen LogP contribution in [0.2, 0.25) is 0 Å². The van der Waals surface area contributed by atoms with Crippen molar-refractivity contribution >= 4 is 17.6 Å². The summed E-state index contributed by atoms with van der Waals surface area (Å²) in [5, 5.41) is 2.98. The molecule has 1 N–H and O–H groups in total. The first-order valence-electron chi connectivity index (χ1n) is 11.0. The Morgan fingerprint density at radius 1 is 0.939 bits per heavy atom. The van der Waals surface area contributed by atoms with Crippen molar-refractivity contribution in [3.05, 3.63) is 77.4 Å². The smallest absolute Gasteiger partial charge is 0.247 e. The molecule has 2 aromatic carbocycles. The summed E-state index contributed by atoms with van der Waals surface area (Å²) in [6.07, 6.45) is 2.50. The van der Waals surface area contributed by atoms with Crippen molar-refractivity contribution < 1.29 is 19.1 Å². The minimum atomic E-state index is -0.873. The lowest BCUT2D eigenvalue weighted by atomic mass is 10.00. The molecule has 176 valence electrons. The van der Waals surface area contributed by atoms with Gasteiger partial charge in [-0.05, 0) is 65.3 Å². The van der Waals surface area contributed by atoms with Crippen molar-refractivity contribution in [3.8, 4) is 5.75 Å². The highest BCUT2D eigenvalue weighted by Gasteiger charge is 2.34. The van der Waals surface area contributed by atoms with Crippen LogP contribution in [0.15, 0.2) is 60.7 Å². The monoisotopic (exact) mass is 450 g/mol. The van der Waals surface area contributed by atoms with E-state index in [-0.39, 0.29) is 17.7 Å². The van der Waals surface area contributed by atoms with Gasteiger partial charge >= 0.3 is 0 Å². The normalized spacial score (nSPS) is 12.5. The summed E-state index contributed by atoms with van der Waals surface area (Å²) in [4.78, 5) is 40.6. The molecule has 2 rings (SSSR count). The second-order valence-electron chi connectivity index (χ2n) is 9.32. The molecule has 33 heavy (non-hydrogen) atoms. The fraction of sp³-hybridized carbons (Fsp3) is 0.370. The minimum Gasteiger partial charge on any atom is -0.497 e. The first-order chi connectivity index (χ1) is 15.4. The molecule has 0 saturated heterocycles. The number of carbonyl (C=O) groups excluding carboxylic acids is 3. The molecule has 0 heterocycles. The standard InChI is InChI=1S/C27H34N2O4/c1-18(2)29(24(31)17-16-23(30)20-10-8-19(3)9-11-20)25(26(32)28-27(4,5)6)21-12-14-22(33-7)15-13-21/h8-18,25H,1-7H3,(H,28,32). The maximum absolute atomic E-state index is 13.3. The number of carbonyl (C=O) groups is 3. The van der Waals surface area contributed by atoms with E-state index in [9.17, 15) is 14.4 Å². The summed E-state index contributed by atoms with van der Waals surface area (Å²) in [6, 6.07) is 13.0. The predicted octanol–water partition coefficient (Wildman–Crippen LogP) is 4.64. The van der Waals surface area contributed by atoms with Crippen molar-refractivity contribution in [3.63, 3.8) is 0 Å². The van der Waals surface area contributed by atoms with E-state index >= 15 is 0 Å². The van der Waals surface area contributed by atoms with Gasteiger partial charge in [0.1, 0.15) is 11.8 Å². The number of ether oxygens (including phenoxy) is 1. The Morgan fingerprint density at radius 2 is 1.52 bits per heavy atom. The second-order valence-corrected chi connectivity index (χ2v) is 9.32. The Balaban J connectivity index is 2.40. The fourth-order valence-corrected chi connectivity index (χ4v) is 3.39. The average molecular weight is 451 g/mol. The van der Waals surface area contributed by atoms with E-state index in [4.69, 9.17) is 4.74 Å². The number of allylic oxidation sites excluding steroid dienone is 1. The summed E-state index contributed by atoms with van der Waals surface area (Å²) < 4.78 is 5.23. The third-order valence-corrected chi connectivity index (χ3v) is 4.98. The van der Waals surface area contributed by atoms with E-state index in [0.29, 0.717) is 16.9 Å². The number of nitrogens with one attached hydrogen (secondary N) is 1. The van der Waals surface area contributed by atoms with Crippen LogP contribution in [0.4, 0.5) is 0 Å². The predicted molar refractivity (Wildman–Crippen MR) is 130 cm³/mol. The molecule has 0 aliphatic heterocycles. The molecular weight excluding hydrogens is 416 g/mol. The highest BCUT2D eigenvalue weighted by Crippen LogP contribution is 2.27. The van der Waals surface area contributed by atoms with Crippen molar-refractivity contribution in [2.75, 3.05) is 7.11 Å². The van der Waals surface area contributed by atoms with Crippen LogP contribution in [-0.4, -0.2) is 41.2 Å². The summed E-state index contributed by atoms with van der Waals surface area (Å²) >= 11 is 0. The Bertz CT molecular complexity index is 1000. The maximum Gasteiger partial charge on any atom is 0.247 e. The third-order valence-electron chi connectivity index (χ3n) is 4.98. The molecule has 0 aromatic heterocycles. The van der Waals surface area contributed by atoms with Gasteiger partial charge in [-0.3, -0.25) is 14.4 Å². The van der Waals surface area contributed by atoms with Crippen LogP contribution in [0.5, 0.6) is 5.75 Å². The van der Waals surface area contributed by atoms with Crippen molar-refractivity contribution in [1.82, 2.24) is 10.2 Å². The zero-order valence-corrected chi connectivity index (χ0v) is 20.5. The molecule has 0 aliphatic rings. The number of methoxy groups -OCH3 is 1. The van der Waals surface area contributed by atoms with Crippen LogP contribution >= 0.6 is 0 Å². The second kappa shape index (κ2) is 10.9. The summed E-state index contributed by atoms with van der Waals surface area (Å²) in [6.45, 7) is 11.3. The van der Waals surface area contributed by atoms with Crippen LogP contribution in [0.1, 0.15) is 62.1 Å². The summed E-state index contributed by atoms with van der Waals surface area (Å²) in [7, 11) is 1.57. The Labute approximate surface area is 196 Å². The summed E-state index contributed by atoms with van der Waals surface area (Å²) in [5.74, 6) is -0.338. The van der Waals surface area contributed by atoms with Gasteiger partial charge in [0.15, 0.2) is 5.78 Å². The van der Waals surface area contributed by atoms with E-state index in [0.717, 1.165) is 5.56 Å². The minimum absolute atomic E-state index is 0.271. The maximum atomic E-state index is 13.3. The van der Waals surface area contributed by atoms with Crippen LogP contribution in [0.3, 0.4) is 0 Å². The van der Waals surface area contributed by atoms with Crippen LogP contribution in [-0.2, 0) is 9.59 Å². The zero-order valence-electron chi connectivity index (χ0n) is 20.5. The summed E-state index contributed by atoms with van der Waals surface area (Å²) in [5.41, 5.74) is 1.71. The van der Waals surface area contributed by atoms with Gasteiger partial charge in [0.25, 0.3) is 0 Å². The number of ketones is 1. The molecule has 1 atom stereocenters. The number of rotatable bonds is 8. The molecule has 1 unspecified atom stereocenters. The van der Waals surface area contributed by atoms with E-state index < -0.39 is 17.5 Å². The number of hydrogen-bond donors (Lipinski definition) is 1. The van der Waals surface area contributed by atoms with Crippen LogP contribution < -0.4 is 10.1 Å². The SMILES string of the molecule is COc1ccc(C(C(=O)NC(C)(C)C)N(C(=O)C=CC(=O)c2ccc(C)cc2)C(C)C)cc1. The highest BCUT2D eigenvalue weighted by molar-refractivity contribution is 6.08. The molecule has 2 aromatic rings.